The minimum atomic E-state index is -4.52. The lowest BCUT2D eigenvalue weighted by Crippen LogP contribution is -2.05. The van der Waals surface area contributed by atoms with Crippen LogP contribution in [0.1, 0.15) is 11.1 Å². The zero-order valence-corrected chi connectivity index (χ0v) is 12.7. The number of aromatic nitrogens is 3. The predicted molar refractivity (Wildman–Crippen MR) is 73.2 cm³/mol. The standard InChI is InChI=1S/C13H9F3N4O2S/c1-21-10-18-11(22-2)20-12(19-10)23-9-4-3-8(13(14,15)16)5-7(9)6-17/h3-5H,1-2H3. The molecule has 2 rings (SSSR count). The van der Waals surface area contributed by atoms with Gasteiger partial charge in [-0.1, -0.05) is 0 Å². The van der Waals surface area contributed by atoms with Crippen molar-refractivity contribution < 1.29 is 22.6 Å². The average molecular weight is 342 g/mol. The van der Waals surface area contributed by atoms with Crippen LogP contribution in [0.2, 0.25) is 0 Å². The highest BCUT2D eigenvalue weighted by atomic mass is 32.2. The fourth-order valence-electron chi connectivity index (χ4n) is 1.53. The van der Waals surface area contributed by atoms with Crippen LogP contribution in [0, 0.1) is 11.3 Å². The number of ether oxygens (including phenoxy) is 2. The molecule has 1 heterocycles. The summed E-state index contributed by atoms with van der Waals surface area (Å²) in [5.41, 5.74) is -1.03. The monoisotopic (exact) mass is 342 g/mol. The molecule has 0 unspecified atom stereocenters. The summed E-state index contributed by atoms with van der Waals surface area (Å²) in [5, 5.41) is 9.18. The van der Waals surface area contributed by atoms with Gasteiger partial charge in [0.25, 0.3) is 0 Å². The van der Waals surface area contributed by atoms with Crippen LogP contribution < -0.4 is 9.47 Å². The van der Waals surface area contributed by atoms with Crippen molar-refractivity contribution in [3.05, 3.63) is 29.3 Å². The highest BCUT2D eigenvalue weighted by molar-refractivity contribution is 7.99. The van der Waals surface area contributed by atoms with Crippen molar-refractivity contribution in [3.63, 3.8) is 0 Å². The fourth-order valence-corrected chi connectivity index (χ4v) is 2.32. The maximum absolute atomic E-state index is 12.7. The average Bonchev–Trinajstić information content (AvgIpc) is 2.53. The topological polar surface area (TPSA) is 80.9 Å². The van der Waals surface area contributed by atoms with Gasteiger partial charge in [-0.05, 0) is 30.0 Å². The third-order valence-corrected chi connectivity index (χ3v) is 3.51. The van der Waals surface area contributed by atoms with Crippen molar-refractivity contribution >= 4 is 11.8 Å². The lowest BCUT2D eigenvalue weighted by molar-refractivity contribution is -0.137. The summed E-state index contributed by atoms with van der Waals surface area (Å²) in [6, 6.07) is 4.56. The number of hydrogen-bond acceptors (Lipinski definition) is 7. The van der Waals surface area contributed by atoms with E-state index in [1.807, 2.05) is 0 Å². The first-order valence-electron chi connectivity index (χ1n) is 6.00. The minimum absolute atomic E-state index is 0.00947. The zero-order chi connectivity index (χ0) is 17.0. The van der Waals surface area contributed by atoms with Crippen LogP contribution >= 0.6 is 11.8 Å². The first-order chi connectivity index (χ1) is 10.9. The van der Waals surface area contributed by atoms with Gasteiger partial charge < -0.3 is 9.47 Å². The molecule has 1 aromatic heterocycles. The largest absolute Gasteiger partial charge is 0.467 e. The third kappa shape index (κ3) is 4.01. The Hall–Kier alpha value is -2.54. The second-order valence-electron chi connectivity index (χ2n) is 4.01. The fraction of sp³-hybridized carbons (Fsp3) is 0.231. The maximum Gasteiger partial charge on any atom is 0.416 e. The number of methoxy groups -OCH3 is 2. The first-order valence-corrected chi connectivity index (χ1v) is 6.82. The Morgan fingerprint density at radius 1 is 1.09 bits per heavy atom. The number of alkyl halides is 3. The molecule has 2 aromatic rings. The number of halogens is 3. The number of benzene rings is 1. The van der Waals surface area contributed by atoms with Gasteiger partial charge in [-0.2, -0.15) is 28.4 Å². The maximum atomic E-state index is 12.7. The molecule has 1 aromatic carbocycles. The van der Waals surface area contributed by atoms with Crippen LogP contribution in [0.4, 0.5) is 13.2 Å². The zero-order valence-electron chi connectivity index (χ0n) is 11.9. The third-order valence-electron chi connectivity index (χ3n) is 2.57. The molecule has 0 N–H and O–H groups in total. The summed E-state index contributed by atoms with van der Waals surface area (Å²) in [5.74, 6) is 0. The van der Waals surface area contributed by atoms with E-state index in [0.717, 1.165) is 23.9 Å². The van der Waals surface area contributed by atoms with Gasteiger partial charge in [0.2, 0.25) is 5.16 Å². The predicted octanol–water partition coefficient (Wildman–Crippen LogP) is 2.93. The second kappa shape index (κ2) is 6.70. The Kier molecular flexibility index (Phi) is 4.90. The Balaban J connectivity index is 2.39. The molecule has 0 amide bonds. The van der Waals surface area contributed by atoms with Crippen LogP contribution in [0.15, 0.2) is 28.3 Å². The molecule has 0 spiro atoms. The van der Waals surface area contributed by atoms with Crippen molar-refractivity contribution in [2.24, 2.45) is 0 Å². The van der Waals surface area contributed by atoms with Gasteiger partial charge in [-0.3, -0.25) is 0 Å². The van der Waals surface area contributed by atoms with Gasteiger partial charge in [0.05, 0.1) is 25.3 Å². The summed E-state index contributed by atoms with van der Waals surface area (Å²) < 4.78 is 47.8. The molecule has 0 aliphatic heterocycles. The Morgan fingerprint density at radius 3 is 2.17 bits per heavy atom. The molecule has 0 bridgehead atoms. The van der Waals surface area contributed by atoms with Gasteiger partial charge in [-0.25, -0.2) is 0 Å². The van der Waals surface area contributed by atoms with Crippen LogP contribution in [-0.2, 0) is 6.18 Å². The molecule has 0 aliphatic rings. The van der Waals surface area contributed by atoms with E-state index in [-0.39, 0.29) is 27.6 Å². The highest BCUT2D eigenvalue weighted by Crippen LogP contribution is 2.35. The van der Waals surface area contributed by atoms with E-state index in [9.17, 15) is 13.2 Å². The number of rotatable bonds is 4. The molecule has 0 fully saturated rings. The van der Waals surface area contributed by atoms with E-state index in [1.165, 1.54) is 20.3 Å². The summed E-state index contributed by atoms with van der Waals surface area (Å²) in [4.78, 5) is 12.0. The van der Waals surface area contributed by atoms with Crippen LogP contribution in [0.5, 0.6) is 12.0 Å². The van der Waals surface area contributed by atoms with E-state index in [1.54, 1.807) is 6.07 Å². The molecular formula is C13H9F3N4O2S. The van der Waals surface area contributed by atoms with Crippen molar-refractivity contribution in [2.75, 3.05) is 14.2 Å². The number of nitrogens with zero attached hydrogens (tertiary/aromatic N) is 4. The van der Waals surface area contributed by atoms with Crippen molar-refractivity contribution in [1.82, 2.24) is 15.0 Å². The molecule has 6 nitrogen and oxygen atoms in total. The quantitative estimate of drug-likeness (QED) is 0.845. The number of hydrogen-bond donors (Lipinski definition) is 0. The Bertz CT molecular complexity index is 740. The smallest absolute Gasteiger partial charge is 0.416 e. The van der Waals surface area contributed by atoms with Gasteiger partial charge in [0.15, 0.2) is 0 Å². The van der Waals surface area contributed by atoms with E-state index >= 15 is 0 Å². The summed E-state index contributed by atoms with van der Waals surface area (Å²) in [6.07, 6.45) is -4.52. The molecule has 120 valence electrons. The molecular weight excluding hydrogens is 333 g/mol. The Morgan fingerprint density at radius 2 is 1.70 bits per heavy atom. The summed E-state index contributed by atoms with van der Waals surface area (Å²) in [6.45, 7) is 0. The van der Waals surface area contributed by atoms with E-state index in [2.05, 4.69) is 15.0 Å². The summed E-state index contributed by atoms with van der Waals surface area (Å²) in [7, 11) is 2.70. The molecule has 0 aliphatic carbocycles. The molecule has 0 saturated heterocycles. The van der Waals surface area contributed by atoms with Gasteiger partial charge in [0.1, 0.15) is 6.07 Å². The van der Waals surface area contributed by atoms with Gasteiger partial charge in [0, 0.05) is 4.90 Å². The lowest BCUT2D eigenvalue weighted by atomic mass is 10.1. The molecule has 10 heteroatoms. The summed E-state index contributed by atoms with van der Waals surface area (Å²) >= 11 is 0.905. The Labute approximate surface area is 133 Å². The van der Waals surface area contributed by atoms with E-state index < -0.39 is 11.7 Å². The normalized spacial score (nSPS) is 11.0. The van der Waals surface area contributed by atoms with E-state index in [0.29, 0.717) is 0 Å². The minimum Gasteiger partial charge on any atom is -0.467 e. The van der Waals surface area contributed by atoms with Crippen molar-refractivity contribution in [1.29, 1.82) is 5.26 Å². The lowest BCUT2D eigenvalue weighted by Gasteiger charge is -2.09. The molecule has 0 atom stereocenters. The SMILES string of the molecule is COc1nc(OC)nc(Sc2ccc(C(F)(F)F)cc2C#N)n1. The highest BCUT2D eigenvalue weighted by Gasteiger charge is 2.31. The van der Waals surface area contributed by atoms with Crippen molar-refractivity contribution in [3.8, 4) is 18.1 Å². The van der Waals surface area contributed by atoms with E-state index in [4.69, 9.17) is 14.7 Å². The first kappa shape index (κ1) is 16.8. The van der Waals surface area contributed by atoms with Crippen LogP contribution in [-0.4, -0.2) is 29.2 Å². The molecule has 0 radical (unpaired) electrons. The van der Waals surface area contributed by atoms with Crippen LogP contribution in [0.3, 0.4) is 0 Å². The molecule has 0 saturated carbocycles. The van der Waals surface area contributed by atoms with Crippen molar-refractivity contribution in [2.45, 2.75) is 16.2 Å². The second-order valence-corrected chi connectivity index (χ2v) is 5.02. The van der Waals surface area contributed by atoms with Gasteiger partial charge in [-0.15, -0.1) is 4.98 Å². The van der Waals surface area contributed by atoms with Gasteiger partial charge >= 0.3 is 18.2 Å². The van der Waals surface area contributed by atoms with Crippen LogP contribution in [0.25, 0.3) is 0 Å². The number of nitriles is 1. The molecule has 23 heavy (non-hydrogen) atoms.